The highest BCUT2D eigenvalue weighted by Gasteiger charge is 2.73. The van der Waals surface area contributed by atoms with Crippen LogP contribution in [0.25, 0.3) is 0 Å². The third kappa shape index (κ3) is 12.4. The number of hydrogen-bond acceptors (Lipinski definition) is 3. The lowest BCUT2D eigenvalue weighted by molar-refractivity contribution is -0.348. The van der Waals surface area contributed by atoms with Crippen molar-refractivity contribution in [3.63, 3.8) is 0 Å². The molecule has 16 heteroatoms. The van der Waals surface area contributed by atoms with Gasteiger partial charge in [-0.2, -0.15) is 48.3 Å². The summed E-state index contributed by atoms with van der Waals surface area (Å²) in [5.74, 6) is -9.93. The molecule has 0 bridgehead atoms. The van der Waals surface area contributed by atoms with E-state index in [0.717, 1.165) is 0 Å². The first kappa shape index (κ1) is 34.2. The molecular weight excluding hydrogens is 510 g/mol. The van der Waals surface area contributed by atoms with Crippen molar-refractivity contribution in [2.45, 2.75) is 69.1 Å². The van der Waals surface area contributed by atoms with Crippen LogP contribution < -0.4 is 0 Å². The van der Waals surface area contributed by atoms with Gasteiger partial charge in [-0.1, -0.05) is 13.3 Å². The largest absolute Gasteiger partial charge is 0.453 e. The molecular formula is C17H27F12NO2S. The molecule has 0 rings (SSSR count). The molecule has 0 radical (unpaired) electrons. The van der Waals surface area contributed by atoms with E-state index in [-0.39, 0.29) is 0 Å². The molecule has 0 heterocycles. The van der Waals surface area contributed by atoms with E-state index in [1.54, 1.807) is 0 Å². The van der Waals surface area contributed by atoms with Crippen LogP contribution in [0.3, 0.4) is 0 Å². The summed E-state index contributed by atoms with van der Waals surface area (Å²) in [5.41, 5.74) is -6.08. The van der Waals surface area contributed by atoms with Crippen LogP contribution >= 0.6 is 0 Å². The third-order valence-electron chi connectivity index (χ3n) is 4.28. The van der Waals surface area contributed by atoms with Gasteiger partial charge in [0.1, 0.15) is 9.84 Å². The molecule has 33 heavy (non-hydrogen) atoms. The summed E-state index contributed by atoms with van der Waals surface area (Å²) in [7, 11) is 0.0657. The molecule has 1 unspecified atom stereocenters. The van der Waals surface area contributed by atoms with Gasteiger partial charge in [0.15, 0.2) is 0 Å². The quantitative estimate of drug-likeness (QED) is 0.312. The molecule has 0 saturated carbocycles. The average Bonchev–Trinajstić information content (AvgIpc) is 2.54. The second-order valence-corrected chi connectivity index (χ2v) is 10.1. The first-order valence-electron chi connectivity index (χ1n) is 9.40. The molecule has 3 nitrogen and oxygen atoms in total. The van der Waals surface area contributed by atoms with E-state index in [1.165, 1.54) is 19.4 Å². The van der Waals surface area contributed by atoms with Gasteiger partial charge >= 0.3 is 24.5 Å². The van der Waals surface area contributed by atoms with E-state index in [1.807, 2.05) is 0 Å². The minimum Gasteiger partial charge on any atom is -0.309 e. The fourth-order valence-corrected chi connectivity index (χ4v) is 3.16. The number of alkyl halides is 12. The highest BCUT2D eigenvalue weighted by Crippen LogP contribution is 2.52. The molecule has 0 aromatic heterocycles. The van der Waals surface area contributed by atoms with E-state index in [9.17, 15) is 61.1 Å². The molecule has 0 aromatic rings. The standard InChI is InChI=1S/C11H12F12O2S.C6H15N/c1-26(24,25)3-2-6(5-8(13,14)11(21,22)23)4-7(12,9(15,16)17)10(18,19)20;1-4-5-6-7(2)3/h6H,2-5H2,1H3;4-6H2,1-3H3. The van der Waals surface area contributed by atoms with E-state index in [4.69, 9.17) is 0 Å². The van der Waals surface area contributed by atoms with Gasteiger partial charge in [0, 0.05) is 19.1 Å². The second kappa shape index (κ2) is 12.2. The fraction of sp³-hybridized carbons (Fsp3) is 1.00. The molecule has 0 aliphatic heterocycles. The van der Waals surface area contributed by atoms with E-state index in [2.05, 4.69) is 25.9 Å². The van der Waals surface area contributed by atoms with E-state index >= 15 is 0 Å². The van der Waals surface area contributed by atoms with Crippen molar-refractivity contribution in [2.24, 2.45) is 5.92 Å². The Morgan fingerprint density at radius 3 is 1.42 bits per heavy atom. The van der Waals surface area contributed by atoms with Crippen molar-refractivity contribution in [3.05, 3.63) is 0 Å². The number of rotatable bonds is 10. The molecule has 0 saturated heterocycles. The Kier molecular flexibility index (Phi) is 12.6. The molecule has 0 N–H and O–H groups in total. The molecule has 0 amide bonds. The van der Waals surface area contributed by atoms with Crippen molar-refractivity contribution >= 4 is 9.84 Å². The van der Waals surface area contributed by atoms with Crippen LogP contribution in [0.5, 0.6) is 0 Å². The summed E-state index contributed by atoms with van der Waals surface area (Å²) in [6.07, 6.45) is -23.5. The normalized spacial score (nSPS) is 15.3. The zero-order chi connectivity index (χ0) is 27.1. The van der Waals surface area contributed by atoms with Crippen LogP contribution in [0.4, 0.5) is 52.7 Å². The number of nitrogens with zero attached hydrogens (tertiary/aromatic N) is 1. The first-order valence-corrected chi connectivity index (χ1v) is 11.5. The van der Waals surface area contributed by atoms with Crippen molar-refractivity contribution in [1.82, 2.24) is 4.90 Å². The molecule has 0 aliphatic carbocycles. The molecule has 0 spiro atoms. The highest BCUT2D eigenvalue weighted by atomic mass is 32.2. The van der Waals surface area contributed by atoms with Crippen molar-refractivity contribution < 1.29 is 61.1 Å². The maximum Gasteiger partial charge on any atom is 0.453 e. The minimum absolute atomic E-state index is 0.419. The van der Waals surface area contributed by atoms with Gasteiger partial charge < -0.3 is 4.90 Å². The molecule has 202 valence electrons. The molecule has 0 fully saturated rings. The zero-order valence-electron chi connectivity index (χ0n) is 18.2. The topological polar surface area (TPSA) is 37.4 Å². The summed E-state index contributed by atoms with van der Waals surface area (Å²) in [6.45, 7) is 3.44. The zero-order valence-corrected chi connectivity index (χ0v) is 19.1. The Morgan fingerprint density at radius 1 is 0.758 bits per heavy atom. The summed E-state index contributed by atoms with van der Waals surface area (Å²) >= 11 is 0. The third-order valence-corrected chi connectivity index (χ3v) is 5.26. The van der Waals surface area contributed by atoms with Crippen LogP contribution in [0.15, 0.2) is 0 Å². The van der Waals surface area contributed by atoms with Crippen LogP contribution in [0.1, 0.15) is 39.0 Å². The Morgan fingerprint density at radius 2 is 1.18 bits per heavy atom. The fourth-order valence-electron chi connectivity index (χ4n) is 2.40. The van der Waals surface area contributed by atoms with Crippen LogP contribution in [0.2, 0.25) is 0 Å². The van der Waals surface area contributed by atoms with Gasteiger partial charge in [0.2, 0.25) is 0 Å². The second-order valence-electron chi connectivity index (χ2n) is 7.85. The predicted molar refractivity (Wildman–Crippen MR) is 97.5 cm³/mol. The summed E-state index contributed by atoms with van der Waals surface area (Å²) in [6, 6.07) is 0. The lowest BCUT2D eigenvalue weighted by Gasteiger charge is -2.34. The number of unbranched alkanes of at least 4 members (excludes halogenated alkanes) is 1. The number of sulfone groups is 1. The van der Waals surface area contributed by atoms with Crippen molar-refractivity contribution in [3.8, 4) is 0 Å². The molecule has 1 atom stereocenters. The summed E-state index contributed by atoms with van der Waals surface area (Å²) in [4.78, 5) is 2.21. The monoisotopic (exact) mass is 537 g/mol. The first-order chi connectivity index (χ1) is 14.3. The van der Waals surface area contributed by atoms with Gasteiger partial charge in [-0.05, 0) is 39.4 Å². The van der Waals surface area contributed by atoms with Crippen LogP contribution in [-0.4, -0.2) is 76.1 Å². The van der Waals surface area contributed by atoms with Crippen LogP contribution in [-0.2, 0) is 9.84 Å². The molecule has 0 aromatic carbocycles. The minimum atomic E-state index is -6.66. The summed E-state index contributed by atoms with van der Waals surface area (Å²) < 4.78 is 173. The van der Waals surface area contributed by atoms with Gasteiger partial charge in [-0.15, -0.1) is 0 Å². The van der Waals surface area contributed by atoms with Crippen molar-refractivity contribution in [1.29, 1.82) is 0 Å². The Bertz CT molecular complexity index is 655. The maximum absolute atomic E-state index is 13.6. The Labute approximate surface area is 184 Å². The van der Waals surface area contributed by atoms with Gasteiger partial charge in [-0.25, -0.2) is 12.8 Å². The SMILES string of the molecule is CCCCN(C)C.CS(=O)(=O)CCC(CC(F)(F)C(F)(F)F)CC(F)(C(F)(F)F)C(F)(F)F. The smallest absolute Gasteiger partial charge is 0.309 e. The molecule has 0 aliphatic rings. The van der Waals surface area contributed by atoms with E-state index in [0.29, 0.717) is 6.26 Å². The Hall–Kier alpha value is -0.930. The summed E-state index contributed by atoms with van der Waals surface area (Å²) in [5, 5.41) is 0. The van der Waals surface area contributed by atoms with Gasteiger partial charge in [0.25, 0.3) is 5.67 Å². The van der Waals surface area contributed by atoms with Gasteiger partial charge in [0.05, 0.1) is 5.75 Å². The lowest BCUT2D eigenvalue weighted by atomic mass is 9.85. The van der Waals surface area contributed by atoms with Gasteiger partial charge in [-0.3, -0.25) is 0 Å². The number of halogens is 12. The number of hydrogen-bond donors (Lipinski definition) is 0. The lowest BCUT2D eigenvalue weighted by Crippen LogP contribution is -2.54. The highest BCUT2D eigenvalue weighted by molar-refractivity contribution is 7.90. The predicted octanol–water partition coefficient (Wildman–Crippen LogP) is 6.20. The Balaban J connectivity index is 0. The van der Waals surface area contributed by atoms with E-state index < -0.39 is 70.9 Å². The van der Waals surface area contributed by atoms with Crippen LogP contribution in [0, 0.1) is 5.92 Å². The maximum atomic E-state index is 13.6. The van der Waals surface area contributed by atoms with Crippen molar-refractivity contribution in [2.75, 3.05) is 32.6 Å². The average molecular weight is 537 g/mol.